The molecule has 1 aromatic heterocycles. The summed E-state index contributed by atoms with van der Waals surface area (Å²) in [5, 5.41) is 10.4. The Bertz CT molecular complexity index is 447. The van der Waals surface area contributed by atoms with Crippen molar-refractivity contribution in [3.8, 4) is 0 Å². The van der Waals surface area contributed by atoms with Gasteiger partial charge in [0.15, 0.2) is 0 Å². The van der Waals surface area contributed by atoms with E-state index in [4.69, 9.17) is 4.65 Å². The van der Waals surface area contributed by atoms with Crippen LogP contribution in [-0.4, -0.2) is 24.2 Å². The number of benzene rings is 1. The number of pyridine rings is 1. The summed E-state index contributed by atoms with van der Waals surface area (Å²) in [6.07, 6.45) is 1.62. The zero-order valence-electron chi connectivity index (χ0n) is 7.84. The number of aromatic nitrogens is 1. The summed E-state index contributed by atoms with van der Waals surface area (Å²) in [4.78, 5) is 4.21. The highest BCUT2D eigenvalue weighted by molar-refractivity contribution is 6.60. The number of rotatable bonds is 2. The second kappa shape index (κ2) is 3.78. The Hall–Kier alpha value is -1.39. The summed E-state index contributed by atoms with van der Waals surface area (Å²) in [6.45, 7) is 0. The van der Waals surface area contributed by atoms with Gasteiger partial charge in [-0.05, 0) is 11.5 Å². The van der Waals surface area contributed by atoms with Gasteiger partial charge in [-0.1, -0.05) is 24.3 Å². The zero-order chi connectivity index (χ0) is 9.97. The Labute approximate surface area is 82.5 Å². The van der Waals surface area contributed by atoms with Crippen molar-refractivity contribution in [2.24, 2.45) is 0 Å². The lowest BCUT2D eigenvalue weighted by Crippen LogP contribution is -2.32. The van der Waals surface area contributed by atoms with E-state index in [1.807, 2.05) is 30.3 Å². The van der Waals surface area contributed by atoms with Crippen molar-refractivity contribution in [1.29, 1.82) is 0 Å². The third kappa shape index (κ3) is 1.62. The first-order valence-corrected chi connectivity index (χ1v) is 4.37. The molecule has 0 bridgehead atoms. The molecule has 0 saturated heterocycles. The zero-order valence-corrected chi connectivity index (χ0v) is 7.84. The van der Waals surface area contributed by atoms with Gasteiger partial charge in [0.05, 0.1) is 5.52 Å². The summed E-state index contributed by atoms with van der Waals surface area (Å²) >= 11 is 0. The second-order valence-electron chi connectivity index (χ2n) is 3.05. The van der Waals surface area contributed by atoms with Gasteiger partial charge in [-0.3, -0.25) is 4.98 Å². The first kappa shape index (κ1) is 9.18. The minimum Gasteiger partial charge on any atom is -0.423 e. The predicted octanol–water partition coefficient (Wildman–Crippen LogP) is 0.569. The molecule has 14 heavy (non-hydrogen) atoms. The topological polar surface area (TPSA) is 42.4 Å². The summed E-state index contributed by atoms with van der Waals surface area (Å²) < 4.78 is 4.80. The Kier molecular flexibility index (Phi) is 2.48. The highest BCUT2D eigenvalue weighted by Crippen LogP contribution is 2.08. The lowest BCUT2D eigenvalue weighted by Gasteiger charge is -2.04. The van der Waals surface area contributed by atoms with Crippen LogP contribution in [0.4, 0.5) is 0 Å². The molecule has 70 valence electrons. The average molecular weight is 187 g/mol. The number of hydrogen-bond donors (Lipinski definition) is 1. The van der Waals surface area contributed by atoms with Crippen LogP contribution in [0.25, 0.3) is 10.9 Å². The van der Waals surface area contributed by atoms with Crippen molar-refractivity contribution in [2.45, 2.75) is 0 Å². The van der Waals surface area contributed by atoms with E-state index < -0.39 is 7.12 Å². The van der Waals surface area contributed by atoms with E-state index in [9.17, 15) is 5.02 Å². The molecular weight excluding hydrogens is 177 g/mol. The highest BCUT2D eigenvalue weighted by atomic mass is 16.5. The molecule has 0 aliphatic rings. The van der Waals surface area contributed by atoms with Gasteiger partial charge in [-0.2, -0.15) is 0 Å². The van der Waals surface area contributed by atoms with Gasteiger partial charge in [0.1, 0.15) is 0 Å². The fourth-order valence-corrected chi connectivity index (χ4v) is 1.36. The van der Waals surface area contributed by atoms with Crippen molar-refractivity contribution >= 4 is 23.5 Å². The van der Waals surface area contributed by atoms with Crippen LogP contribution in [0.1, 0.15) is 0 Å². The number of hydrogen-bond acceptors (Lipinski definition) is 3. The summed E-state index contributed by atoms with van der Waals surface area (Å²) in [6, 6.07) is 9.62. The molecule has 0 fully saturated rings. The SMILES string of the molecule is COB(O)c1cnc2ccccc2c1. The van der Waals surface area contributed by atoms with Crippen molar-refractivity contribution in [3.63, 3.8) is 0 Å². The van der Waals surface area contributed by atoms with Crippen LogP contribution in [0.5, 0.6) is 0 Å². The van der Waals surface area contributed by atoms with Crippen molar-refractivity contribution in [2.75, 3.05) is 7.11 Å². The maximum Gasteiger partial charge on any atom is 0.492 e. The Morgan fingerprint density at radius 1 is 1.36 bits per heavy atom. The van der Waals surface area contributed by atoms with Crippen LogP contribution in [0, 0.1) is 0 Å². The summed E-state index contributed by atoms with van der Waals surface area (Å²) in [7, 11) is 0.562. The van der Waals surface area contributed by atoms with Crippen LogP contribution in [-0.2, 0) is 4.65 Å². The molecule has 2 rings (SSSR count). The van der Waals surface area contributed by atoms with Gasteiger partial charge in [-0.15, -0.1) is 0 Å². The van der Waals surface area contributed by atoms with E-state index >= 15 is 0 Å². The average Bonchev–Trinajstić information content (AvgIpc) is 2.27. The smallest absolute Gasteiger partial charge is 0.423 e. The van der Waals surface area contributed by atoms with Crippen LogP contribution in [0.3, 0.4) is 0 Å². The molecule has 1 N–H and O–H groups in total. The molecular formula is C10H10BNO2. The standard InChI is InChI=1S/C10H10BNO2/c1-14-11(13)9-6-8-4-2-3-5-10(8)12-7-9/h2-7,13H,1H3. The molecule has 0 spiro atoms. The first-order chi connectivity index (χ1) is 6.81. The van der Waals surface area contributed by atoms with E-state index in [1.54, 1.807) is 6.20 Å². The van der Waals surface area contributed by atoms with E-state index in [2.05, 4.69) is 4.98 Å². The van der Waals surface area contributed by atoms with Crippen LogP contribution < -0.4 is 5.46 Å². The van der Waals surface area contributed by atoms with Crippen molar-refractivity contribution in [1.82, 2.24) is 4.98 Å². The van der Waals surface area contributed by atoms with Gasteiger partial charge in [-0.25, -0.2) is 0 Å². The Balaban J connectivity index is 2.51. The van der Waals surface area contributed by atoms with Crippen molar-refractivity contribution < 1.29 is 9.68 Å². The maximum atomic E-state index is 9.43. The van der Waals surface area contributed by atoms with Gasteiger partial charge in [0, 0.05) is 18.8 Å². The lowest BCUT2D eigenvalue weighted by atomic mass is 9.80. The van der Waals surface area contributed by atoms with E-state index in [1.165, 1.54) is 7.11 Å². The molecule has 0 saturated carbocycles. The quantitative estimate of drug-likeness (QED) is 0.698. The minimum absolute atomic E-state index is 0.672. The van der Waals surface area contributed by atoms with Gasteiger partial charge < -0.3 is 9.68 Å². The number of para-hydroxylation sites is 1. The molecule has 0 aliphatic heterocycles. The second-order valence-corrected chi connectivity index (χ2v) is 3.05. The number of nitrogens with zero attached hydrogens (tertiary/aromatic N) is 1. The molecule has 4 heteroatoms. The van der Waals surface area contributed by atoms with Gasteiger partial charge >= 0.3 is 7.12 Å². The molecule has 1 heterocycles. The highest BCUT2D eigenvalue weighted by Gasteiger charge is 2.14. The summed E-state index contributed by atoms with van der Waals surface area (Å²) in [5.41, 5.74) is 1.59. The van der Waals surface area contributed by atoms with Gasteiger partial charge in [0.25, 0.3) is 0 Å². The fraction of sp³-hybridized carbons (Fsp3) is 0.100. The Morgan fingerprint density at radius 3 is 2.93 bits per heavy atom. The maximum absolute atomic E-state index is 9.43. The molecule has 2 aromatic rings. The normalized spacial score (nSPS) is 10.4. The molecule has 0 amide bonds. The van der Waals surface area contributed by atoms with Crippen molar-refractivity contribution in [3.05, 3.63) is 36.5 Å². The third-order valence-corrected chi connectivity index (χ3v) is 2.12. The van der Waals surface area contributed by atoms with E-state index in [-0.39, 0.29) is 0 Å². The molecule has 0 unspecified atom stereocenters. The summed E-state index contributed by atoms with van der Waals surface area (Å²) in [5.74, 6) is 0. The molecule has 3 nitrogen and oxygen atoms in total. The Morgan fingerprint density at radius 2 is 2.14 bits per heavy atom. The largest absolute Gasteiger partial charge is 0.492 e. The lowest BCUT2D eigenvalue weighted by molar-refractivity contribution is 0.341. The third-order valence-electron chi connectivity index (χ3n) is 2.12. The van der Waals surface area contributed by atoms with Crippen LogP contribution in [0.2, 0.25) is 0 Å². The van der Waals surface area contributed by atoms with Crippen LogP contribution >= 0.6 is 0 Å². The molecule has 0 atom stereocenters. The molecule has 1 aromatic carbocycles. The minimum atomic E-state index is -0.896. The molecule has 0 radical (unpaired) electrons. The monoisotopic (exact) mass is 187 g/mol. The molecule has 0 aliphatic carbocycles. The first-order valence-electron chi connectivity index (χ1n) is 4.37. The van der Waals surface area contributed by atoms with E-state index in [0.717, 1.165) is 10.9 Å². The van der Waals surface area contributed by atoms with E-state index in [0.29, 0.717) is 5.46 Å². The van der Waals surface area contributed by atoms with Crippen LogP contribution in [0.15, 0.2) is 36.5 Å². The fourth-order valence-electron chi connectivity index (χ4n) is 1.36. The predicted molar refractivity (Wildman–Crippen MR) is 56.4 cm³/mol. The number of fused-ring (bicyclic) bond motifs is 1. The van der Waals surface area contributed by atoms with Gasteiger partial charge in [0.2, 0.25) is 0 Å².